The van der Waals surface area contributed by atoms with E-state index in [1.807, 2.05) is 26.0 Å². The average Bonchev–Trinajstić information content (AvgIpc) is 2.43. The second-order valence-electron chi connectivity index (χ2n) is 5.46. The second kappa shape index (κ2) is 6.17. The fourth-order valence-corrected chi connectivity index (χ4v) is 2.20. The van der Waals surface area contributed by atoms with Crippen molar-refractivity contribution in [3.8, 4) is 0 Å². The Bertz CT molecular complexity index is 446. The van der Waals surface area contributed by atoms with Crippen molar-refractivity contribution >= 4 is 5.91 Å². The Morgan fingerprint density at radius 2 is 2.11 bits per heavy atom. The van der Waals surface area contributed by atoms with Crippen molar-refractivity contribution in [1.29, 1.82) is 0 Å². The number of amides is 1. The number of hydrogen-bond donors (Lipinski definition) is 3. The summed E-state index contributed by atoms with van der Waals surface area (Å²) in [7, 11) is 0. The van der Waals surface area contributed by atoms with Gasteiger partial charge in [0, 0.05) is 13.1 Å². The van der Waals surface area contributed by atoms with Crippen molar-refractivity contribution in [3.63, 3.8) is 0 Å². The molecular weight excluding hydrogens is 240 g/mol. The van der Waals surface area contributed by atoms with Crippen molar-refractivity contribution in [3.05, 3.63) is 35.4 Å². The van der Waals surface area contributed by atoms with Crippen LogP contribution in [0.4, 0.5) is 0 Å². The summed E-state index contributed by atoms with van der Waals surface area (Å²) in [6, 6.07) is 7.97. The Morgan fingerprint density at radius 3 is 2.79 bits per heavy atom. The van der Waals surface area contributed by atoms with E-state index < -0.39 is 6.10 Å². The fourth-order valence-electron chi connectivity index (χ4n) is 2.20. The topological polar surface area (TPSA) is 61.4 Å². The zero-order valence-corrected chi connectivity index (χ0v) is 11.5. The number of carbonyl (C=O) groups excluding carboxylic acids is 1. The number of aliphatic hydroxyl groups excluding tert-OH is 1. The lowest BCUT2D eigenvalue weighted by Crippen LogP contribution is -2.49. The molecule has 0 aliphatic carbocycles. The first-order valence-corrected chi connectivity index (χ1v) is 6.84. The molecule has 4 nitrogen and oxygen atoms in total. The van der Waals surface area contributed by atoms with Crippen LogP contribution < -0.4 is 10.6 Å². The normalized spacial score (nSPS) is 19.9. The molecule has 1 aliphatic heterocycles. The first-order chi connectivity index (χ1) is 9.08. The van der Waals surface area contributed by atoms with Crippen LogP contribution in [0.5, 0.6) is 0 Å². The zero-order valence-electron chi connectivity index (χ0n) is 11.5. The average molecular weight is 262 g/mol. The lowest BCUT2D eigenvalue weighted by molar-refractivity contribution is -0.123. The van der Waals surface area contributed by atoms with E-state index in [0.717, 1.165) is 6.54 Å². The summed E-state index contributed by atoms with van der Waals surface area (Å²) >= 11 is 0. The molecule has 1 aromatic rings. The van der Waals surface area contributed by atoms with Gasteiger partial charge in [0.05, 0.1) is 12.1 Å². The van der Waals surface area contributed by atoms with E-state index in [4.69, 9.17) is 0 Å². The first kappa shape index (κ1) is 14.0. The standard InChI is InChI=1S/C15H22N2O2/c1-10(2)14(18)9-17-15(19)13-7-11-5-3-4-6-12(11)8-16-13/h3-6,10,13-14,16,18H,7-9H2,1-2H3,(H,17,19)/t13-,14?/m1/s1. The minimum absolute atomic E-state index is 0.0331. The minimum Gasteiger partial charge on any atom is -0.391 e. The van der Waals surface area contributed by atoms with E-state index in [0.29, 0.717) is 13.0 Å². The maximum absolute atomic E-state index is 12.1. The first-order valence-electron chi connectivity index (χ1n) is 6.84. The molecule has 2 atom stereocenters. The molecule has 1 aliphatic rings. The number of rotatable bonds is 4. The van der Waals surface area contributed by atoms with E-state index in [9.17, 15) is 9.90 Å². The predicted molar refractivity (Wildman–Crippen MR) is 74.6 cm³/mol. The molecule has 0 radical (unpaired) electrons. The molecule has 0 bridgehead atoms. The van der Waals surface area contributed by atoms with Crippen LogP contribution in [-0.4, -0.2) is 29.7 Å². The van der Waals surface area contributed by atoms with Crippen LogP contribution in [0.15, 0.2) is 24.3 Å². The molecule has 0 aromatic heterocycles. The highest BCUT2D eigenvalue weighted by atomic mass is 16.3. The Hall–Kier alpha value is -1.39. The van der Waals surface area contributed by atoms with E-state index in [2.05, 4.69) is 22.8 Å². The van der Waals surface area contributed by atoms with E-state index in [1.54, 1.807) is 0 Å². The molecule has 19 heavy (non-hydrogen) atoms. The molecule has 0 saturated carbocycles. The van der Waals surface area contributed by atoms with Crippen molar-refractivity contribution < 1.29 is 9.90 Å². The van der Waals surface area contributed by atoms with Gasteiger partial charge in [-0.3, -0.25) is 4.79 Å². The summed E-state index contributed by atoms with van der Waals surface area (Å²) < 4.78 is 0. The van der Waals surface area contributed by atoms with Crippen LogP contribution in [0.25, 0.3) is 0 Å². The Balaban J connectivity index is 1.89. The lowest BCUT2D eigenvalue weighted by Gasteiger charge is -2.26. The van der Waals surface area contributed by atoms with E-state index >= 15 is 0 Å². The maximum atomic E-state index is 12.1. The van der Waals surface area contributed by atoms with E-state index in [1.165, 1.54) is 11.1 Å². The highest BCUT2D eigenvalue weighted by Crippen LogP contribution is 2.16. The SMILES string of the molecule is CC(C)C(O)CNC(=O)[C@H]1Cc2ccccc2CN1. The molecule has 4 heteroatoms. The molecule has 0 fully saturated rings. The number of hydrogen-bond acceptors (Lipinski definition) is 3. The summed E-state index contributed by atoms with van der Waals surface area (Å²) in [5.74, 6) is 0.120. The minimum atomic E-state index is -0.486. The molecule has 0 saturated heterocycles. The smallest absolute Gasteiger partial charge is 0.237 e. The van der Waals surface area contributed by atoms with Gasteiger partial charge in [-0.1, -0.05) is 38.1 Å². The highest BCUT2D eigenvalue weighted by molar-refractivity contribution is 5.82. The van der Waals surface area contributed by atoms with Crippen LogP contribution in [0.1, 0.15) is 25.0 Å². The number of nitrogens with one attached hydrogen (secondary N) is 2. The third kappa shape index (κ3) is 3.55. The van der Waals surface area contributed by atoms with Crippen LogP contribution in [-0.2, 0) is 17.8 Å². The molecule has 1 heterocycles. The summed E-state index contributed by atoms with van der Waals surface area (Å²) in [6.45, 7) is 4.91. The number of aliphatic hydroxyl groups is 1. The van der Waals surface area contributed by atoms with Gasteiger partial charge in [-0.15, -0.1) is 0 Å². The Labute approximate surface area is 114 Å². The van der Waals surface area contributed by atoms with Crippen LogP contribution in [0, 0.1) is 5.92 Å². The quantitative estimate of drug-likeness (QED) is 0.753. The van der Waals surface area contributed by atoms with Gasteiger partial charge in [-0.25, -0.2) is 0 Å². The van der Waals surface area contributed by atoms with Gasteiger partial charge in [0.15, 0.2) is 0 Å². The second-order valence-corrected chi connectivity index (χ2v) is 5.46. The van der Waals surface area contributed by atoms with Gasteiger partial charge in [0.2, 0.25) is 5.91 Å². The van der Waals surface area contributed by atoms with Crippen molar-refractivity contribution in [2.45, 2.75) is 39.0 Å². The molecule has 2 rings (SSSR count). The van der Waals surface area contributed by atoms with Crippen molar-refractivity contribution in [2.24, 2.45) is 5.92 Å². The number of benzene rings is 1. The summed E-state index contributed by atoms with van der Waals surface area (Å²) in [6.07, 6.45) is 0.222. The zero-order chi connectivity index (χ0) is 13.8. The summed E-state index contributed by atoms with van der Waals surface area (Å²) in [5, 5.41) is 15.7. The maximum Gasteiger partial charge on any atom is 0.237 e. The molecule has 1 unspecified atom stereocenters. The van der Waals surface area contributed by atoms with Gasteiger partial charge < -0.3 is 15.7 Å². The Morgan fingerprint density at radius 1 is 1.42 bits per heavy atom. The number of fused-ring (bicyclic) bond motifs is 1. The molecular formula is C15H22N2O2. The molecule has 104 valence electrons. The van der Waals surface area contributed by atoms with Crippen LogP contribution >= 0.6 is 0 Å². The van der Waals surface area contributed by atoms with Crippen molar-refractivity contribution in [2.75, 3.05) is 6.54 Å². The monoisotopic (exact) mass is 262 g/mol. The third-order valence-electron chi connectivity index (χ3n) is 3.65. The van der Waals surface area contributed by atoms with Crippen molar-refractivity contribution in [1.82, 2.24) is 10.6 Å². The number of carbonyl (C=O) groups is 1. The fraction of sp³-hybridized carbons (Fsp3) is 0.533. The van der Waals surface area contributed by atoms with E-state index in [-0.39, 0.29) is 17.9 Å². The largest absolute Gasteiger partial charge is 0.391 e. The predicted octanol–water partition coefficient (Wildman–Crippen LogP) is 0.834. The third-order valence-corrected chi connectivity index (χ3v) is 3.65. The Kier molecular flexibility index (Phi) is 4.56. The van der Waals surface area contributed by atoms with Gasteiger partial charge in [0.1, 0.15) is 0 Å². The lowest BCUT2D eigenvalue weighted by atomic mass is 9.95. The molecule has 3 N–H and O–H groups in total. The highest BCUT2D eigenvalue weighted by Gasteiger charge is 2.24. The van der Waals surface area contributed by atoms with Gasteiger partial charge in [0.25, 0.3) is 0 Å². The summed E-state index contributed by atoms with van der Waals surface area (Å²) in [4.78, 5) is 12.1. The van der Waals surface area contributed by atoms with Gasteiger partial charge in [-0.2, -0.15) is 0 Å². The van der Waals surface area contributed by atoms with Crippen LogP contribution in [0.2, 0.25) is 0 Å². The van der Waals surface area contributed by atoms with Gasteiger partial charge in [-0.05, 0) is 23.5 Å². The van der Waals surface area contributed by atoms with Crippen LogP contribution in [0.3, 0.4) is 0 Å². The summed E-state index contributed by atoms with van der Waals surface area (Å²) in [5.41, 5.74) is 2.49. The molecule has 1 aromatic carbocycles. The molecule has 1 amide bonds. The van der Waals surface area contributed by atoms with Gasteiger partial charge >= 0.3 is 0 Å². The molecule has 0 spiro atoms.